The first kappa shape index (κ1) is 16.1. The van der Waals surface area contributed by atoms with E-state index in [4.69, 9.17) is 5.11 Å². The van der Waals surface area contributed by atoms with Gasteiger partial charge in [-0.15, -0.1) is 0 Å². The molecule has 0 saturated heterocycles. The van der Waals surface area contributed by atoms with Gasteiger partial charge in [-0.25, -0.2) is 0 Å². The SMILES string of the molecule is CCCCCCc1ccc(O)cc1O.c1ccccc1. The van der Waals surface area contributed by atoms with Crippen LogP contribution in [0, 0.1) is 0 Å². The molecule has 0 fully saturated rings. The lowest BCUT2D eigenvalue weighted by Gasteiger charge is -2.04. The molecule has 2 nitrogen and oxygen atoms in total. The summed E-state index contributed by atoms with van der Waals surface area (Å²) in [6.45, 7) is 2.18. The molecule has 0 atom stereocenters. The molecule has 2 aromatic rings. The third-order valence-corrected chi connectivity index (χ3v) is 3.04. The van der Waals surface area contributed by atoms with Crippen LogP contribution in [0.2, 0.25) is 0 Å². The van der Waals surface area contributed by atoms with Gasteiger partial charge in [0, 0.05) is 6.07 Å². The average Bonchev–Trinajstić information content (AvgIpc) is 2.48. The van der Waals surface area contributed by atoms with Crippen molar-refractivity contribution in [2.75, 3.05) is 0 Å². The summed E-state index contributed by atoms with van der Waals surface area (Å²) < 4.78 is 0. The number of hydrogen-bond donors (Lipinski definition) is 2. The fourth-order valence-corrected chi connectivity index (χ4v) is 1.89. The fourth-order valence-electron chi connectivity index (χ4n) is 1.89. The van der Waals surface area contributed by atoms with E-state index in [1.54, 1.807) is 12.1 Å². The zero-order chi connectivity index (χ0) is 14.6. The zero-order valence-electron chi connectivity index (χ0n) is 12.1. The highest BCUT2D eigenvalue weighted by atomic mass is 16.3. The molecular formula is C18H24O2. The third-order valence-electron chi connectivity index (χ3n) is 3.04. The number of unbranched alkanes of at least 4 members (excludes halogenated alkanes) is 3. The minimum Gasteiger partial charge on any atom is -0.508 e. The van der Waals surface area contributed by atoms with Gasteiger partial charge >= 0.3 is 0 Å². The van der Waals surface area contributed by atoms with E-state index >= 15 is 0 Å². The summed E-state index contributed by atoms with van der Waals surface area (Å²) in [5, 5.41) is 18.6. The molecule has 2 aromatic carbocycles. The molecule has 2 rings (SSSR count). The summed E-state index contributed by atoms with van der Waals surface area (Å²) in [5.41, 5.74) is 0.930. The topological polar surface area (TPSA) is 40.5 Å². The minimum atomic E-state index is 0.125. The third kappa shape index (κ3) is 6.83. The maximum atomic E-state index is 9.49. The Balaban J connectivity index is 0.000000276. The lowest BCUT2D eigenvalue weighted by Crippen LogP contribution is -1.86. The Labute approximate surface area is 121 Å². The number of phenols is 2. The van der Waals surface area contributed by atoms with Crippen molar-refractivity contribution in [3.8, 4) is 11.5 Å². The van der Waals surface area contributed by atoms with E-state index < -0.39 is 0 Å². The highest BCUT2D eigenvalue weighted by Crippen LogP contribution is 2.24. The lowest BCUT2D eigenvalue weighted by molar-refractivity contribution is 0.445. The monoisotopic (exact) mass is 272 g/mol. The Hall–Kier alpha value is -1.96. The molecule has 0 aliphatic carbocycles. The summed E-state index contributed by atoms with van der Waals surface area (Å²) in [5.74, 6) is 0.335. The van der Waals surface area contributed by atoms with Crippen LogP contribution in [0.4, 0.5) is 0 Å². The molecule has 2 N–H and O–H groups in total. The van der Waals surface area contributed by atoms with Gasteiger partial charge in [-0.3, -0.25) is 0 Å². The van der Waals surface area contributed by atoms with Crippen LogP contribution in [0.25, 0.3) is 0 Å². The van der Waals surface area contributed by atoms with Crippen LogP contribution in [-0.2, 0) is 6.42 Å². The molecule has 0 unspecified atom stereocenters. The van der Waals surface area contributed by atoms with Crippen LogP contribution >= 0.6 is 0 Å². The van der Waals surface area contributed by atoms with Crippen molar-refractivity contribution in [1.82, 2.24) is 0 Å². The molecule has 0 saturated carbocycles. The molecular weight excluding hydrogens is 248 g/mol. The van der Waals surface area contributed by atoms with Crippen LogP contribution in [0.5, 0.6) is 11.5 Å². The van der Waals surface area contributed by atoms with E-state index in [0.29, 0.717) is 0 Å². The number of aryl methyl sites for hydroxylation is 1. The van der Waals surface area contributed by atoms with Gasteiger partial charge in [0.15, 0.2) is 0 Å². The van der Waals surface area contributed by atoms with Crippen molar-refractivity contribution < 1.29 is 10.2 Å². The van der Waals surface area contributed by atoms with Gasteiger partial charge < -0.3 is 10.2 Å². The smallest absolute Gasteiger partial charge is 0.122 e. The van der Waals surface area contributed by atoms with E-state index in [-0.39, 0.29) is 11.5 Å². The second kappa shape index (κ2) is 9.90. The van der Waals surface area contributed by atoms with Crippen LogP contribution in [0.1, 0.15) is 38.2 Å². The van der Waals surface area contributed by atoms with Gasteiger partial charge in [0.2, 0.25) is 0 Å². The summed E-state index contributed by atoms with van der Waals surface area (Å²) in [7, 11) is 0. The Kier molecular flexibility index (Phi) is 7.97. The number of aromatic hydroxyl groups is 2. The van der Waals surface area contributed by atoms with Crippen molar-refractivity contribution in [2.45, 2.75) is 39.0 Å². The van der Waals surface area contributed by atoms with Crippen molar-refractivity contribution in [3.05, 3.63) is 60.2 Å². The van der Waals surface area contributed by atoms with E-state index in [9.17, 15) is 5.11 Å². The molecule has 20 heavy (non-hydrogen) atoms. The standard InChI is InChI=1S/C12H18O2.C6H6/c1-2-3-4-5-6-10-7-8-11(13)9-12(10)14;1-2-4-6-5-3-1/h7-9,13-14H,2-6H2,1H3;1-6H. The van der Waals surface area contributed by atoms with Gasteiger partial charge in [0.25, 0.3) is 0 Å². The predicted octanol–water partition coefficient (Wildman–Crippen LogP) is 4.91. The van der Waals surface area contributed by atoms with Crippen molar-refractivity contribution in [3.63, 3.8) is 0 Å². The average molecular weight is 272 g/mol. The minimum absolute atomic E-state index is 0.125. The molecule has 2 heteroatoms. The number of hydrogen-bond acceptors (Lipinski definition) is 2. The Morgan fingerprint density at radius 3 is 1.90 bits per heavy atom. The molecule has 0 bridgehead atoms. The summed E-state index contributed by atoms with van der Waals surface area (Å²) in [6, 6.07) is 16.8. The van der Waals surface area contributed by atoms with Gasteiger partial charge in [-0.1, -0.05) is 68.7 Å². The van der Waals surface area contributed by atoms with E-state index in [2.05, 4.69) is 6.92 Å². The largest absolute Gasteiger partial charge is 0.508 e. The summed E-state index contributed by atoms with van der Waals surface area (Å²) in [6.07, 6.45) is 5.68. The van der Waals surface area contributed by atoms with Crippen LogP contribution in [-0.4, -0.2) is 10.2 Å². The predicted molar refractivity (Wildman–Crippen MR) is 84.1 cm³/mol. The molecule has 0 amide bonds. The number of phenolic OH excluding ortho intramolecular Hbond substituents is 2. The lowest BCUT2D eigenvalue weighted by atomic mass is 10.1. The zero-order valence-corrected chi connectivity index (χ0v) is 12.1. The van der Waals surface area contributed by atoms with Crippen molar-refractivity contribution in [1.29, 1.82) is 0 Å². The molecule has 0 aliphatic rings. The first-order valence-electron chi connectivity index (χ1n) is 7.25. The number of benzene rings is 2. The quantitative estimate of drug-likeness (QED) is 0.759. The summed E-state index contributed by atoms with van der Waals surface area (Å²) in [4.78, 5) is 0. The first-order valence-corrected chi connectivity index (χ1v) is 7.25. The van der Waals surface area contributed by atoms with Gasteiger partial charge in [0.1, 0.15) is 11.5 Å². The van der Waals surface area contributed by atoms with Crippen molar-refractivity contribution in [2.24, 2.45) is 0 Å². The first-order chi connectivity index (χ1) is 9.74. The van der Waals surface area contributed by atoms with Gasteiger partial charge in [-0.05, 0) is 24.5 Å². The number of rotatable bonds is 5. The Morgan fingerprint density at radius 2 is 1.40 bits per heavy atom. The van der Waals surface area contributed by atoms with E-state index in [1.807, 2.05) is 36.4 Å². The molecule has 0 aliphatic heterocycles. The van der Waals surface area contributed by atoms with Crippen molar-refractivity contribution >= 4 is 0 Å². The van der Waals surface area contributed by atoms with Gasteiger partial charge in [0.05, 0.1) is 0 Å². The van der Waals surface area contributed by atoms with Crippen LogP contribution in [0.3, 0.4) is 0 Å². The molecule has 0 spiro atoms. The van der Waals surface area contributed by atoms with Crippen LogP contribution in [0.15, 0.2) is 54.6 Å². The Bertz CT molecular complexity index is 439. The van der Waals surface area contributed by atoms with E-state index in [1.165, 1.54) is 25.3 Å². The Morgan fingerprint density at radius 1 is 0.800 bits per heavy atom. The summed E-state index contributed by atoms with van der Waals surface area (Å²) >= 11 is 0. The second-order valence-electron chi connectivity index (χ2n) is 4.78. The maximum absolute atomic E-state index is 9.49. The normalized spacial score (nSPS) is 9.65. The van der Waals surface area contributed by atoms with E-state index in [0.717, 1.165) is 18.4 Å². The highest BCUT2D eigenvalue weighted by Gasteiger charge is 2.01. The van der Waals surface area contributed by atoms with Gasteiger partial charge in [-0.2, -0.15) is 0 Å². The molecule has 0 heterocycles. The second-order valence-corrected chi connectivity index (χ2v) is 4.78. The molecule has 0 radical (unpaired) electrons. The highest BCUT2D eigenvalue weighted by molar-refractivity contribution is 5.38. The molecule has 108 valence electrons. The molecule has 0 aromatic heterocycles. The fraction of sp³-hybridized carbons (Fsp3) is 0.333. The maximum Gasteiger partial charge on any atom is 0.122 e. The van der Waals surface area contributed by atoms with Crippen LogP contribution < -0.4 is 0 Å².